The SMILES string of the molecule is COC(=O)C1OC(Oc2cc(O)c3c(=O)c(OC4OC(CO)C(O)C(O)C4OC(=O)C=Cc4ccc(O)c(O)c4)c(-c4ccc(O)cc4)oc3c2)C(O)C(O)C1O. The van der Waals surface area contributed by atoms with Gasteiger partial charge in [-0.2, -0.15) is 0 Å². The van der Waals surface area contributed by atoms with E-state index in [-0.39, 0.29) is 28.2 Å². The fourth-order valence-corrected chi connectivity index (χ4v) is 6.00. The van der Waals surface area contributed by atoms with Crippen molar-refractivity contribution in [3.63, 3.8) is 0 Å². The highest BCUT2D eigenvalue weighted by Crippen LogP contribution is 2.39. The first-order valence-corrected chi connectivity index (χ1v) is 16.9. The molecule has 4 aromatic rings. The van der Waals surface area contributed by atoms with Gasteiger partial charge in [0.15, 0.2) is 29.5 Å². The quantitative estimate of drug-likeness (QED) is 0.0527. The minimum atomic E-state index is -1.98. The molecule has 10 unspecified atom stereocenters. The van der Waals surface area contributed by atoms with Crippen molar-refractivity contribution in [3.8, 4) is 45.8 Å². The van der Waals surface area contributed by atoms with E-state index in [2.05, 4.69) is 4.74 Å². The molecule has 2 saturated heterocycles. The van der Waals surface area contributed by atoms with Gasteiger partial charge in [0.1, 0.15) is 64.8 Å². The van der Waals surface area contributed by atoms with E-state index in [9.17, 15) is 65.4 Å². The summed E-state index contributed by atoms with van der Waals surface area (Å²) in [5.41, 5.74) is -1.16. The Morgan fingerprint density at radius 3 is 2.16 bits per heavy atom. The Balaban J connectivity index is 1.38. The van der Waals surface area contributed by atoms with Gasteiger partial charge in [-0.05, 0) is 48.0 Å². The number of ether oxygens (including phenoxy) is 6. The topological polar surface area (TPSA) is 322 Å². The molecule has 3 heterocycles. The van der Waals surface area contributed by atoms with Crippen molar-refractivity contribution in [2.45, 2.75) is 61.4 Å². The average molecular weight is 801 g/mol. The molecule has 304 valence electrons. The third-order valence-electron chi connectivity index (χ3n) is 9.01. The number of esters is 2. The number of aliphatic hydroxyl groups is 6. The number of fused-ring (bicyclic) bond motifs is 1. The van der Waals surface area contributed by atoms with Crippen LogP contribution in [0.5, 0.6) is 34.5 Å². The summed E-state index contributed by atoms with van der Waals surface area (Å²) in [4.78, 5) is 39.3. The van der Waals surface area contributed by atoms with Gasteiger partial charge in [0.25, 0.3) is 0 Å². The van der Waals surface area contributed by atoms with Crippen molar-refractivity contribution >= 4 is 29.0 Å². The number of hydrogen-bond acceptors (Lipinski definition) is 20. The standard InChI is InChI=1S/C37H36O20/c1-51-35(50)33-29(48)27(46)30(49)36(57-33)52-17-11-20(42)24-21(12-17)53-31(15-4-6-16(39)7-5-15)32(26(24)45)56-37-34(28(47)25(44)22(13-38)54-37)55-23(43)9-3-14-2-8-18(40)19(41)10-14/h2-12,22,25,27-30,33-34,36-42,44,46-49H,13H2,1H3. The summed E-state index contributed by atoms with van der Waals surface area (Å²) in [6, 6.07) is 10.7. The normalized spacial score (nSPS) is 27.6. The number of methoxy groups -OCH3 is 1. The highest BCUT2D eigenvalue weighted by Gasteiger charge is 2.50. The summed E-state index contributed by atoms with van der Waals surface area (Å²) in [7, 11) is 0.995. The molecule has 2 fully saturated rings. The van der Waals surface area contributed by atoms with E-state index in [0.717, 1.165) is 37.5 Å². The molecule has 20 nitrogen and oxygen atoms in total. The second-order valence-corrected chi connectivity index (χ2v) is 12.8. The van der Waals surface area contributed by atoms with Gasteiger partial charge in [-0.3, -0.25) is 4.79 Å². The van der Waals surface area contributed by atoms with Gasteiger partial charge in [-0.15, -0.1) is 0 Å². The van der Waals surface area contributed by atoms with E-state index >= 15 is 0 Å². The van der Waals surface area contributed by atoms with Crippen LogP contribution in [-0.4, -0.2) is 138 Å². The van der Waals surface area contributed by atoms with Crippen molar-refractivity contribution in [1.82, 2.24) is 0 Å². The number of phenolic OH excluding ortho intramolecular Hbond substituents is 4. The first kappa shape index (κ1) is 40.7. The van der Waals surface area contributed by atoms with Crippen LogP contribution in [0.1, 0.15) is 5.56 Å². The monoisotopic (exact) mass is 800 g/mol. The molecular weight excluding hydrogens is 764 g/mol. The second kappa shape index (κ2) is 16.6. The van der Waals surface area contributed by atoms with Crippen molar-refractivity contribution in [3.05, 3.63) is 76.5 Å². The van der Waals surface area contributed by atoms with Gasteiger partial charge in [-0.1, -0.05) is 6.07 Å². The molecule has 57 heavy (non-hydrogen) atoms. The van der Waals surface area contributed by atoms with Gasteiger partial charge < -0.3 is 83.9 Å². The molecule has 0 saturated carbocycles. The molecule has 10 N–H and O–H groups in total. The fourth-order valence-electron chi connectivity index (χ4n) is 6.00. The molecule has 1 aromatic heterocycles. The van der Waals surface area contributed by atoms with Gasteiger partial charge in [-0.25, -0.2) is 9.59 Å². The molecular formula is C37H36O20. The molecule has 20 heteroatoms. The van der Waals surface area contributed by atoms with Crippen LogP contribution in [0.25, 0.3) is 28.4 Å². The predicted molar refractivity (Wildman–Crippen MR) is 188 cm³/mol. The summed E-state index contributed by atoms with van der Waals surface area (Å²) < 4.78 is 38.5. The maximum Gasteiger partial charge on any atom is 0.337 e. The van der Waals surface area contributed by atoms with Crippen molar-refractivity contribution in [2.75, 3.05) is 13.7 Å². The van der Waals surface area contributed by atoms with Crippen molar-refractivity contribution in [1.29, 1.82) is 0 Å². The van der Waals surface area contributed by atoms with Crippen molar-refractivity contribution in [2.24, 2.45) is 0 Å². The van der Waals surface area contributed by atoms with Crippen LogP contribution in [0.15, 0.2) is 69.9 Å². The molecule has 0 aliphatic carbocycles. The lowest BCUT2D eigenvalue weighted by Crippen LogP contribution is -2.61. The first-order valence-electron chi connectivity index (χ1n) is 16.9. The summed E-state index contributed by atoms with van der Waals surface area (Å²) in [5, 5.41) is 102. The highest BCUT2D eigenvalue weighted by molar-refractivity contribution is 5.89. The number of rotatable bonds is 10. The molecule has 0 amide bonds. The minimum Gasteiger partial charge on any atom is -0.508 e. The van der Waals surface area contributed by atoms with Crippen LogP contribution in [0.3, 0.4) is 0 Å². The summed E-state index contributed by atoms with van der Waals surface area (Å²) in [5.74, 6) is -5.59. The molecule has 2 aliphatic heterocycles. The van der Waals surface area contributed by atoms with Gasteiger partial charge in [0.05, 0.1) is 13.7 Å². The van der Waals surface area contributed by atoms with Gasteiger partial charge in [0, 0.05) is 23.8 Å². The molecule has 0 spiro atoms. The average Bonchev–Trinajstić information content (AvgIpc) is 3.18. The number of hydrogen-bond donors (Lipinski definition) is 10. The van der Waals surface area contributed by atoms with Crippen LogP contribution in [0.2, 0.25) is 0 Å². The van der Waals surface area contributed by atoms with E-state index in [0.29, 0.717) is 0 Å². The van der Waals surface area contributed by atoms with Crippen LogP contribution in [-0.2, 0) is 28.5 Å². The molecule has 0 bridgehead atoms. The molecule has 10 atom stereocenters. The predicted octanol–water partition coefficient (Wildman–Crippen LogP) is -0.915. The lowest BCUT2D eigenvalue weighted by Gasteiger charge is -2.41. The van der Waals surface area contributed by atoms with Gasteiger partial charge >= 0.3 is 11.9 Å². The number of carbonyl (C=O) groups is 2. The zero-order chi connectivity index (χ0) is 41.3. The van der Waals surface area contributed by atoms with Crippen LogP contribution in [0, 0.1) is 0 Å². The maximum absolute atomic E-state index is 14.2. The Morgan fingerprint density at radius 1 is 0.772 bits per heavy atom. The molecule has 3 aromatic carbocycles. The number of phenols is 4. The number of benzene rings is 3. The Hall–Kier alpha value is -5.97. The van der Waals surface area contributed by atoms with Crippen LogP contribution >= 0.6 is 0 Å². The maximum atomic E-state index is 14.2. The highest BCUT2D eigenvalue weighted by atomic mass is 16.7. The second-order valence-electron chi connectivity index (χ2n) is 12.8. The van der Waals surface area contributed by atoms with Crippen LogP contribution < -0.4 is 14.9 Å². The first-order chi connectivity index (χ1) is 27.1. The van der Waals surface area contributed by atoms with E-state index in [1.54, 1.807) is 0 Å². The Bertz CT molecular complexity index is 2200. The molecule has 0 radical (unpaired) electrons. The Labute approximate surface area is 319 Å². The fraction of sp³-hybridized carbons (Fsp3) is 0.324. The van der Waals surface area contributed by atoms with E-state index in [4.69, 9.17) is 28.1 Å². The third-order valence-corrected chi connectivity index (χ3v) is 9.01. The molecule has 2 aliphatic rings. The number of aliphatic hydroxyl groups excluding tert-OH is 6. The minimum absolute atomic E-state index is 0.0698. The molecule has 6 rings (SSSR count). The number of aromatic hydroxyl groups is 4. The van der Waals surface area contributed by atoms with Crippen LogP contribution in [0.4, 0.5) is 0 Å². The van der Waals surface area contributed by atoms with Crippen molar-refractivity contribution < 1.29 is 93.5 Å². The largest absolute Gasteiger partial charge is 0.508 e. The third kappa shape index (κ3) is 8.28. The van der Waals surface area contributed by atoms with E-state index in [1.807, 2.05) is 0 Å². The lowest BCUT2D eigenvalue weighted by atomic mass is 9.99. The summed E-state index contributed by atoms with van der Waals surface area (Å²) in [6.07, 6.45) is -16.5. The van der Waals surface area contributed by atoms with Gasteiger partial charge in [0.2, 0.25) is 23.8 Å². The number of carbonyl (C=O) groups excluding carboxylic acids is 2. The Kier molecular flexibility index (Phi) is 11.9. The smallest absolute Gasteiger partial charge is 0.337 e. The Morgan fingerprint density at radius 2 is 1.49 bits per heavy atom. The lowest BCUT2D eigenvalue weighted by molar-refractivity contribution is -0.281. The zero-order valence-electron chi connectivity index (χ0n) is 29.4. The zero-order valence-corrected chi connectivity index (χ0v) is 29.4. The summed E-state index contributed by atoms with van der Waals surface area (Å²) in [6.45, 7) is -0.876. The summed E-state index contributed by atoms with van der Waals surface area (Å²) >= 11 is 0. The van der Waals surface area contributed by atoms with E-state index < -0.39 is 120 Å². The van der Waals surface area contributed by atoms with E-state index in [1.165, 1.54) is 36.4 Å².